The van der Waals surface area contributed by atoms with Gasteiger partial charge in [-0.3, -0.25) is 4.90 Å². The van der Waals surface area contributed by atoms with Crippen LogP contribution in [0.4, 0.5) is 4.39 Å². The average molecular weight is 540 g/mol. The largest absolute Gasteiger partial charge is 0.478 e. The molecule has 0 amide bonds. The van der Waals surface area contributed by atoms with E-state index in [1.165, 1.54) is 0 Å². The van der Waals surface area contributed by atoms with E-state index >= 15 is 0 Å². The Hall–Kier alpha value is -4.08. The molecular weight excluding hydrogens is 509 g/mol. The highest BCUT2D eigenvalue weighted by atomic mass is 19.1. The molecule has 8 nitrogen and oxygen atoms in total. The molecule has 0 radical (unpaired) electrons. The van der Waals surface area contributed by atoms with Crippen molar-refractivity contribution >= 4 is 28.0 Å². The van der Waals surface area contributed by atoms with Crippen LogP contribution >= 0.6 is 0 Å². The standard InChI is InChI=1S/C31H30FN5O3/c1-19-5-6-20(24(32)13-19)14-21-3-2-4-26-30(21)34-29-18-35(10-11-36(26)29)17-28-33-25-8-7-22(31(38)39)15-27(25)37(28)16-23-9-12-40-23/h2-8,13,15,23H,9-12,14,16-18H2,1H3,(H,38,39)/t23-/m0/s1. The third kappa shape index (κ3) is 4.45. The zero-order valence-corrected chi connectivity index (χ0v) is 22.3. The Labute approximate surface area is 230 Å². The molecule has 1 N–H and O–H groups in total. The van der Waals surface area contributed by atoms with Crippen LogP contribution in [-0.4, -0.2) is 54.3 Å². The molecule has 1 atom stereocenters. The maximum Gasteiger partial charge on any atom is 0.335 e. The number of hydrogen-bond donors (Lipinski definition) is 1. The summed E-state index contributed by atoms with van der Waals surface area (Å²) in [4.78, 5) is 23.9. The molecule has 0 spiro atoms. The Morgan fingerprint density at radius 1 is 1.07 bits per heavy atom. The number of aromatic carboxylic acids is 1. The Balaban J connectivity index is 1.18. The first-order valence-electron chi connectivity index (χ1n) is 13.7. The van der Waals surface area contributed by atoms with E-state index in [0.29, 0.717) is 31.6 Å². The second kappa shape index (κ2) is 9.83. The van der Waals surface area contributed by atoms with Gasteiger partial charge in [0.25, 0.3) is 0 Å². The van der Waals surface area contributed by atoms with Crippen LogP contribution < -0.4 is 0 Å². The van der Waals surface area contributed by atoms with E-state index in [0.717, 1.165) is 71.0 Å². The molecule has 7 rings (SSSR count). The molecule has 0 saturated carbocycles. The van der Waals surface area contributed by atoms with Gasteiger partial charge in [-0.25, -0.2) is 19.2 Å². The van der Waals surface area contributed by atoms with Gasteiger partial charge in [0.2, 0.25) is 0 Å². The van der Waals surface area contributed by atoms with Crippen molar-refractivity contribution in [2.75, 3.05) is 13.2 Å². The summed E-state index contributed by atoms with van der Waals surface area (Å²) in [5.41, 5.74) is 6.47. The Kier molecular flexibility index (Phi) is 6.13. The number of halogens is 1. The summed E-state index contributed by atoms with van der Waals surface area (Å²) >= 11 is 0. The number of aromatic nitrogens is 4. The lowest BCUT2D eigenvalue weighted by molar-refractivity contribution is -0.0592. The summed E-state index contributed by atoms with van der Waals surface area (Å²) in [6.45, 7) is 6.22. The van der Waals surface area contributed by atoms with Crippen molar-refractivity contribution in [3.05, 3.63) is 94.3 Å². The number of carboxylic acids is 1. The van der Waals surface area contributed by atoms with Gasteiger partial charge in [0.1, 0.15) is 17.5 Å². The number of aryl methyl sites for hydroxylation is 1. The second-order valence-electron chi connectivity index (χ2n) is 10.9. The fraction of sp³-hybridized carbons (Fsp3) is 0.323. The van der Waals surface area contributed by atoms with Gasteiger partial charge in [0.15, 0.2) is 0 Å². The molecular formula is C31H30FN5O3. The van der Waals surface area contributed by atoms with Crippen LogP contribution in [-0.2, 0) is 37.3 Å². The molecule has 9 heteroatoms. The number of carbonyl (C=O) groups is 1. The lowest BCUT2D eigenvalue weighted by atomic mass is 10.0. The van der Waals surface area contributed by atoms with Crippen LogP contribution in [0.1, 0.15) is 45.1 Å². The monoisotopic (exact) mass is 539 g/mol. The third-order valence-corrected chi connectivity index (χ3v) is 8.15. The lowest BCUT2D eigenvalue weighted by Crippen LogP contribution is -2.35. The van der Waals surface area contributed by atoms with Crippen molar-refractivity contribution in [2.45, 2.75) is 52.0 Å². The molecule has 3 aromatic carbocycles. The number of benzene rings is 3. The van der Waals surface area contributed by atoms with Crippen molar-refractivity contribution in [2.24, 2.45) is 0 Å². The quantitative estimate of drug-likeness (QED) is 0.316. The SMILES string of the molecule is Cc1ccc(Cc2cccc3c2nc2n3CCN(Cc3nc4ccc(C(=O)O)cc4n3C[C@@H]3CCO3)C2)c(F)c1. The first kappa shape index (κ1) is 24.9. The topological polar surface area (TPSA) is 85.4 Å². The van der Waals surface area contributed by atoms with Gasteiger partial charge in [-0.2, -0.15) is 0 Å². The van der Waals surface area contributed by atoms with Gasteiger partial charge in [0.05, 0.1) is 53.4 Å². The minimum absolute atomic E-state index is 0.118. The normalized spacial score (nSPS) is 17.3. The molecule has 0 unspecified atom stereocenters. The van der Waals surface area contributed by atoms with Gasteiger partial charge < -0.3 is 19.0 Å². The van der Waals surface area contributed by atoms with Crippen molar-refractivity contribution in [3.63, 3.8) is 0 Å². The zero-order chi connectivity index (χ0) is 27.4. The summed E-state index contributed by atoms with van der Waals surface area (Å²) in [6, 6.07) is 16.6. The fourth-order valence-electron chi connectivity index (χ4n) is 5.88. The highest BCUT2D eigenvalue weighted by molar-refractivity contribution is 5.92. The number of ether oxygens (including phenoxy) is 1. The van der Waals surface area contributed by atoms with Gasteiger partial charge in [-0.05, 0) is 60.4 Å². The van der Waals surface area contributed by atoms with Gasteiger partial charge in [-0.15, -0.1) is 0 Å². The number of fused-ring (bicyclic) bond motifs is 4. The van der Waals surface area contributed by atoms with Gasteiger partial charge in [0, 0.05) is 26.1 Å². The van der Waals surface area contributed by atoms with Gasteiger partial charge in [-0.1, -0.05) is 24.3 Å². The third-order valence-electron chi connectivity index (χ3n) is 8.15. The first-order valence-corrected chi connectivity index (χ1v) is 13.7. The van der Waals surface area contributed by atoms with Crippen LogP contribution in [0.2, 0.25) is 0 Å². The molecule has 1 fully saturated rings. The molecule has 0 aliphatic carbocycles. The molecule has 2 aliphatic rings. The first-order chi connectivity index (χ1) is 19.4. The lowest BCUT2D eigenvalue weighted by Gasteiger charge is -2.30. The number of para-hydroxylation sites is 1. The van der Waals surface area contributed by atoms with Crippen molar-refractivity contribution in [3.8, 4) is 0 Å². The van der Waals surface area contributed by atoms with Crippen LogP contribution in [0, 0.1) is 12.7 Å². The minimum Gasteiger partial charge on any atom is -0.478 e. The van der Waals surface area contributed by atoms with E-state index in [1.807, 2.05) is 31.2 Å². The number of rotatable bonds is 7. The maximum absolute atomic E-state index is 14.6. The molecule has 0 bridgehead atoms. The Morgan fingerprint density at radius 3 is 2.73 bits per heavy atom. The number of nitrogens with zero attached hydrogens (tertiary/aromatic N) is 5. The van der Waals surface area contributed by atoms with Crippen LogP contribution in [0.5, 0.6) is 0 Å². The van der Waals surface area contributed by atoms with Crippen molar-refractivity contribution in [1.29, 1.82) is 0 Å². The van der Waals surface area contributed by atoms with Crippen LogP contribution in [0.3, 0.4) is 0 Å². The Bertz CT molecular complexity index is 1770. The fourth-order valence-corrected chi connectivity index (χ4v) is 5.88. The molecule has 204 valence electrons. The predicted octanol–water partition coefficient (Wildman–Crippen LogP) is 4.93. The number of hydrogen-bond acceptors (Lipinski definition) is 5. The summed E-state index contributed by atoms with van der Waals surface area (Å²) in [5, 5.41) is 9.53. The van der Waals surface area contributed by atoms with E-state index in [4.69, 9.17) is 14.7 Å². The molecule has 2 aliphatic heterocycles. The highest BCUT2D eigenvalue weighted by Gasteiger charge is 2.26. The van der Waals surface area contributed by atoms with Gasteiger partial charge >= 0.3 is 5.97 Å². The summed E-state index contributed by atoms with van der Waals surface area (Å²) in [5.74, 6) is 0.748. The second-order valence-corrected chi connectivity index (χ2v) is 10.9. The molecule has 40 heavy (non-hydrogen) atoms. The molecule has 4 heterocycles. The smallest absolute Gasteiger partial charge is 0.335 e. The zero-order valence-electron chi connectivity index (χ0n) is 22.3. The van der Waals surface area contributed by atoms with E-state index in [1.54, 1.807) is 24.3 Å². The number of imidazole rings is 2. The average Bonchev–Trinajstić information content (AvgIpc) is 3.45. The van der Waals surface area contributed by atoms with E-state index in [2.05, 4.69) is 20.1 Å². The van der Waals surface area contributed by atoms with Crippen molar-refractivity contribution in [1.82, 2.24) is 24.0 Å². The van der Waals surface area contributed by atoms with E-state index in [-0.39, 0.29) is 17.5 Å². The van der Waals surface area contributed by atoms with Crippen LogP contribution in [0.15, 0.2) is 54.6 Å². The highest BCUT2D eigenvalue weighted by Crippen LogP contribution is 2.28. The van der Waals surface area contributed by atoms with E-state index < -0.39 is 5.97 Å². The van der Waals surface area contributed by atoms with Crippen LogP contribution in [0.25, 0.3) is 22.1 Å². The Morgan fingerprint density at radius 2 is 1.95 bits per heavy atom. The predicted molar refractivity (Wildman–Crippen MR) is 149 cm³/mol. The summed E-state index contributed by atoms with van der Waals surface area (Å²) in [7, 11) is 0. The summed E-state index contributed by atoms with van der Waals surface area (Å²) < 4.78 is 24.7. The summed E-state index contributed by atoms with van der Waals surface area (Å²) in [6.07, 6.45) is 1.60. The van der Waals surface area contributed by atoms with E-state index in [9.17, 15) is 14.3 Å². The van der Waals surface area contributed by atoms with Crippen molar-refractivity contribution < 1.29 is 19.0 Å². The minimum atomic E-state index is -0.949. The molecule has 5 aromatic rings. The maximum atomic E-state index is 14.6. The number of carboxylic acid groups (broad SMARTS) is 1. The molecule has 1 saturated heterocycles. The molecule has 2 aromatic heterocycles.